The molecule has 0 saturated carbocycles. The topological polar surface area (TPSA) is 41.1 Å². The molecule has 19 heavy (non-hydrogen) atoms. The van der Waals surface area contributed by atoms with Crippen molar-refractivity contribution in [2.75, 3.05) is 24.3 Å². The molecule has 5 heteroatoms. The van der Waals surface area contributed by atoms with Gasteiger partial charge in [0.05, 0.1) is 4.47 Å². The highest BCUT2D eigenvalue weighted by Gasteiger charge is 2.13. The lowest BCUT2D eigenvalue weighted by Gasteiger charge is -2.22. The van der Waals surface area contributed by atoms with Gasteiger partial charge in [-0.25, -0.2) is 4.98 Å². The van der Waals surface area contributed by atoms with Gasteiger partial charge in [-0.3, -0.25) is 0 Å². The minimum Gasteiger partial charge on any atom is -0.357 e. The Bertz CT molecular complexity index is 598. The summed E-state index contributed by atoms with van der Waals surface area (Å²) in [6.07, 6.45) is 1.76. The van der Waals surface area contributed by atoms with Gasteiger partial charge in [-0.15, -0.1) is 0 Å². The molecule has 1 aromatic heterocycles. The third kappa shape index (κ3) is 2.87. The van der Waals surface area contributed by atoms with E-state index < -0.39 is 0 Å². The molecule has 0 radical (unpaired) electrons. The average Bonchev–Trinajstić information content (AvgIpc) is 2.38. The van der Waals surface area contributed by atoms with Crippen LogP contribution in [0.3, 0.4) is 0 Å². The van der Waals surface area contributed by atoms with Crippen molar-refractivity contribution in [1.82, 2.24) is 9.97 Å². The van der Waals surface area contributed by atoms with E-state index in [9.17, 15) is 0 Å². The molecular formula is C14H17BrN4. The maximum absolute atomic E-state index is 4.49. The van der Waals surface area contributed by atoms with Gasteiger partial charge in [-0.2, -0.15) is 4.98 Å². The molecule has 2 rings (SSSR count). The van der Waals surface area contributed by atoms with Crippen LogP contribution < -0.4 is 10.2 Å². The number of hydrogen-bond acceptors (Lipinski definition) is 4. The first-order valence-corrected chi connectivity index (χ1v) is 6.83. The average molecular weight is 321 g/mol. The van der Waals surface area contributed by atoms with E-state index in [-0.39, 0.29) is 0 Å². The van der Waals surface area contributed by atoms with E-state index in [1.54, 1.807) is 6.20 Å². The zero-order chi connectivity index (χ0) is 14.0. The van der Waals surface area contributed by atoms with Crippen LogP contribution >= 0.6 is 15.9 Å². The minimum absolute atomic E-state index is 0.606. The number of nitrogens with zero attached hydrogens (tertiary/aromatic N) is 3. The van der Waals surface area contributed by atoms with E-state index in [0.29, 0.717) is 5.95 Å². The smallest absolute Gasteiger partial charge is 0.224 e. The minimum atomic E-state index is 0.606. The lowest BCUT2D eigenvalue weighted by molar-refractivity contribution is 1.06. The van der Waals surface area contributed by atoms with E-state index >= 15 is 0 Å². The number of benzene rings is 1. The summed E-state index contributed by atoms with van der Waals surface area (Å²) < 4.78 is 0.869. The molecule has 0 aliphatic heterocycles. The second-order valence-electron chi connectivity index (χ2n) is 4.46. The van der Waals surface area contributed by atoms with Crippen molar-refractivity contribution in [1.29, 1.82) is 0 Å². The number of anilines is 3. The van der Waals surface area contributed by atoms with Crippen LogP contribution in [0.2, 0.25) is 0 Å². The standard InChI is InChI=1S/C14H17BrN4/c1-9-5-6-12(10(2)7-9)19(4)13-11(15)8-17-14(16-3)18-13/h5-8H,1-4H3,(H,16,17,18). The van der Waals surface area contributed by atoms with Gasteiger partial charge in [-0.1, -0.05) is 17.7 Å². The lowest BCUT2D eigenvalue weighted by Crippen LogP contribution is -2.14. The largest absolute Gasteiger partial charge is 0.357 e. The van der Waals surface area contributed by atoms with Crippen LogP contribution in [0.1, 0.15) is 11.1 Å². The Labute approximate surface area is 122 Å². The second kappa shape index (κ2) is 5.57. The third-order valence-electron chi connectivity index (χ3n) is 2.98. The van der Waals surface area contributed by atoms with Crippen molar-refractivity contribution in [3.05, 3.63) is 40.0 Å². The van der Waals surface area contributed by atoms with Crippen LogP contribution in [-0.2, 0) is 0 Å². The molecule has 0 bridgehead atoms. The van der Waals surface area contributed by atoms with E-state index in [1.165, 1.54) is 11.1 Å². The molecule has 0 aliphatic rings. The highest BCUT2D eigenvalue weighted by Crippen LogP contribution is 2.31. The van der Waals surface area contributed by atoms with Crippen molar-refractivity contribution < 1.29 is 0 Å². The molecule has 1 heterocycles. The Hall–Kier alpha value is -1.62. The number of nitrogens with one attached hydrogen (secondary N) is 1. The summed E-state index contributed by atoms with van der Waals surface area (Å²) in [6.45, 7) is 4.20. The monoisotopic (exact) mass is 320 g/mol. The van der Waals surface area contributed by atoms with Crippen molar-refractivity contribution in [2.45, 2.75) is 13.8 Å². The van der Waals surface area contributed by atoms with Crippen LogP contribution in [0.15, 0.2) is 28.9 Å². The Balaban J connectivity index is 2.46. The summed E-state index contributed by atoms with van der Waals surface area (Å²) in [7, 11) is 3.81. The van der Waals surface area contributed by atoms with Crippen molar-refractivity contribution in [2.24, 2.45) is 0 Å². The van der Waals surface area contributed by atoms with Gasteiger partial charge >= 0.3 is 0 Å². The normalized spacial score (nSPS) is 10.4. The van der Waals surface area contributed by atoms with Gasteiger partial charge in [-0.05, 0) is 41.4 Å². The summed E-state index contributed by atoms with van der Waals surface area (Å²) in [5, 5.41) is 2.95. The number of aryl methyl sites for hydroxylation is 2. The van der Waals surface area contributed by atoms with Crippen LogP contribution in [0, 0.1) is 13.8 Å². The number of hydrogen-bond donors (Lipinski definition) is 1. The van der Waals surface area contributed by atoms with E-state index in [1.807, 2.05) is 14.1 Å². The Morgan fingerprint density at radius 3 is 2.63 bits per heavy atom. The zero-order valence-corrected chi connectivity index (χ0v) is 13.1. The molecular weight excluding hydrogens is 304 g/mol. The van der Waals surface area contributed by atoms with Crippen LogP contribution in [0.25, 0.3) is 0 Å². The molecule has 1 aromatic carbocycles. The quantitative estimate of drug-likeness (QED) is 0.936. The molecule has 0 saturated heterocycles. The highest BCUT2D eigenvalue weighted by atomic mass is 79.9. The van der Waals surface area contributed by atoms with Crippen LogP contribution in [-0.4, -0.2) is 24.1 Å². The predicted octanol–water partition coefficient (Wildman–Crippen LogP) is 3.67. The van der Waals surface area contributed by atoms with Crippen LogP contribution in [0.5, 0.6) is 0 Å². The first-order chi connectivity index (χ1) is 9.02. The molecule has 0 atom stereocenters. The van der Waals surface area contributed by atoms with Crippen molar-refractivity contribution >= 4 is 33.4 Å². The zero-order valence-electron chi connectivity index (χ0n) is 11.5. The summed E-state index contributed by atoms with van der Waals surface area (Å²) in [5.41, 5.74) is 3.61. The Kier molecular flexibility index (Phi) is 4.04. The Morgan fingerprint density at radius 1 is 1.26 bits per heavy atom. The maximum Gasteiger partial charge on any atom is 0.224 e. The lowest BCUT2D eigenvalue weighted by atomic mass is 10.1. The molecule has 2 aromatic rings. The second-order valence-corrected chi connectivity index (χ2v) is 5.32. The van der Waals surface area contributed by atoms with Gasteiger partial charge in [0.1, 0.15) is 0 Å². The number of rotatable bonds is 3. The molecule has 0 aliphatic carbocycles. The van der Waals surface area contributed by atoms with Gasteiger partial charge < -0.3 is 10.2 Å². The van der Waals surface area contributed by atoms with E-state index in [2.05, 4.69) is 68.2 Å². The van der Waals surface area contributed by atoms with E-state index in [4.69, 9.17) is 0 Å². The molecule has 100 valence electrons. The molecule has 0 spiro atoms. The molecule has 4 nitrogen and oxygen atoms in total. The van der Waals surface area contributed by atoms with Gasteiger partial charge in [0.25, 0.3) is 0 Å². The first kappa shape index (κ1) is 13.8. The van der Waals surface area contributed by atoms with Gasteiger partial charge in [0, 0.05) is 26.0 Å². The molecule has 0 unspecified atom stereocenters. The van der Waals surface area contributed by atoms with Crippen LogP contribution in [0.4, 0.5) is 17.5 Å². The summed E-state index contributed by atoms with van der Waals surface area (Å²) in [5.74, 6) is 1.45. The van der Waals surface area contributed by atoms with Gasteiger partial charge in [0.2, 0.25) is 5.95 Å². The fourth-order valence-electron chi connectivity index (χ4n) is 2.01. The van der Waals surface area contributed by atoms with Crippen molar-refractivity contribution in [3.63, 3.8) is 0 Å². The predicted molar refractivity (Wildman–Crippen MR) is 83.3 cm³/mol. The summed E-state index contributed by atoms with van der Waals surface area (Å²) in [6, 6.07) is 6.38. The fraction of sp³-hybridized carbons (Fsp3) is 0.286. The maximum atomic E-state index is 4.49. The molecule has 1 N–H and O–H groups in total. The summed E-state index contributed by atoms with van der Waals surface area (Å²) in [4.78, 5) is 10.7. The fourth-order valence-corrected chi connectivity index (χ4v) is 2.47. The Morgan fingerprint density at radius 2 is 2.00 bits per heavy atom. The molecule has 0 fully saturated rings. The molecule has 0 amide bonds. The summed E-state index contributed by atoms with van der Waals surface area (Å²) >= 11 is 3.50. The SMILES string of the molecule is CNc1ncc(Br)c(N(C)c2ccc(C)cc2C)n1. The first-order valence-electron chi connectivity index (χ1n) is 6.04. The third-order valence-corrected chi connectivity index (χ3v) is 3.54. The van der Waals surface area contributed by atoms with Gasteiger partial charge in [0.15, 0.2) is 5.82 Å². The number of halogens is 1. The number of aromatic nitrogens is 2. The van der Waals surface area contributed by atoms with E-state index in [0.717, 1.165) is 16.0 Å². The van der Waals surface area contributed by atoms with Crippen molar-refractivity contribution in [3.8, 4) is 0 Å². The highest BCUT2D eigenvalue weighted by molar-refractivity contribution is 9.10.